The van der Waals surface area contributed by atoms with Gasteiger partial charge >= 0.3 is 12.2 Å². The molecule has 2 heterocycles. The third-order valence-electron chi connectivity index (χ3n) is 3.93. The van der Waals surface area contributed by atoms with Crippen molar-refractivity contribution in [2.75, 3.05) is 5.32 Å². The van der Waals surface area contributed by atoms with Crippen LogP contribution in [0, 0.1) is 6.92 Å². The molecule has 1 aromatic carbocycles. The highest BCUT2D eigenvalue weighted by atomic mass is 19.4. The van der Waals surface area contributed by atoms with Gasteiger partial charge in [-0.05, 0) is 31.5 Å². The first-order chi connectivity index (χ1) is 12.6. The summed E-state index contributed by atoms with van der Waals surface area (Å²) >= 11 is 0. The number of rotatable bonds is 3. The number of carbonyl (C=O) groups excluding carboxylic acids is 2. The first-order valence-corrected chi connectivity index (χ1v) is 7.85. The Morgan fingerprint density at radius 1 is 1.26 bits per heavy atom. The fraction of sp³-hybridized carbons (Fsp3) is 0.235. The van der Waals surface area contributed by atoms with E-state index in [9.17, 15) is 22.8 Å². The molecule has 0 radical (unpaired) electrons. The number of halogens is 3. The van der Waals surface area contributed by atoms with Crippen LogP contribution in [-0.4, -0.2) is 17.1 Å². The Morgan fingerprint density at radius 2 is 2.00 bits per heavy atom. The number of allylic oxidation sites excluding steroid dienone is 1. The Morgan fingerprint density at radius 3 is 2.63 bits per heavy atom. The molecule has 3 amide bonds. The maximum Gasteiger partial charge on any atom is 0.416 e. The fourth-order valence-corrected chi connectivity index (χ4v) is 2.75. The first-order valence-electron chi connectivity index (χ1n) is 7.85. The van der Waals surface area contributed by atoms with Gasteiger partial charge in [-0.3, -0.25) is 4.79 Å². The van der Waals surface area contributed by atoms with Crippen molar-refractivity contribution in [2.24, 2.45) is 0 Å². The van der Waals surface area contributed by atoms with Gasteiger partial charge in [-0.15, -0.1) is 0 Å². The highest BCUT2D eigenvalue weighted by Crippen LogP contribution is 2.33. The smallest absolute Gasteiger partial charge is 0.360 e. The molecule has 0 saturated carbocycles. The molecule has 1 aliphatic heterocycles. The summed E-state index contributed by atoms with van der Waals surface area (Å²) in [5.41, 5.74) is -0.466. The van der Waals surface area contributed by atoms with Crippen molar-refractivity contribution >= 4 is 17.8 Å². The van der Waals surface area contributed by atoms with Gasteiger partial charge in [0.2, 0.25) is 0 Å². The van der Waals surface area contributed by atoms with Crippen molar-refractivity contribution in [3.05, 3.63) is 58.5 Å². The van der Waals surface area contributed by atoms with Crippen molar-refractivity contribution in [1.82, 2.24) is 15.8 Å². The minimum Gasteiger partial charge on any atom is -0.360 e. The van der Waals surface area contributed by atoms with Gasteiger partial charge in [0.15, 0.2) is 5.82 Å². The van der Waals surface area contributed by atoms with E-state index in [-0.39, 0.29) is 22.7 Å². The van der Waals surface area contributed by atoms with E-state index in [1.54, 1.807) is 6.92 Å². The average Bonchev–Trinajstić information content (AvgIpc) is 2.98. The molecule has 0 bridgehead atoms. The van der Waals surface area contributed by atoms with Gasteiger partial charge in [0.05, 0.1) is 17.2 Å². The molecule has 1 unspecified atom stereocenters. The average molecular weight is 380 g/mol. The van der Waals surface area contributed by atoms with E-state index in [0.717, 1.165) is 12.1 Å². The summed E-state index contributed by atoms with van der Waals surface area (Å²) < 4.78 is 43.9. The van der Waals surface area contributed by atoms with E-state index in [1.165, 1.54) is 25.1 Å². The summed E-state index contributed by atoms with van der Waals surface area (Å²) in [5, 5.41) is 11.1. The molecule has 3 N–H and O–H groups in total. The summed E-state index contributed by atoms with van der Waals surface area (Å²) in [6, 6.07) is 4.25. The third kappa shape index (κ3) is 3.94. The molecule has 0 fully saturated rings. The summed E-state index contributed by atoms with van der Waals surface area (Å²) in [6.45, 7) is 3.13. The van der Waals surface area contributed by atoms with Crippen LogP contribution in [0.3, 0.4) is 0 Å². The van der Waals surface area contributed by atoms with Crippen LogP contribution in [-0.2, 0) is 11.0 Å². The Labute approximate surface area is 151 Å². The number of hydrogen-bond donors (Lipinski definition) is 3. The molecular formula is C17H15F3N4O3. The van der Waals surface area contributed by atoms with Crippen molar-refractivity contribution in [3.63, 3.8) is 0 Å². The van der Waals surface area contributed by atoms with Gasteiger partial charge in [0.1, 0.15) is 5.76 Å². The molecule has 0 saturated heterocycles. The lowest BCUT2D eigenvalue weighted by atomic mass is 9.93. The summed E-state index contributed by atoms with van der Waals surface area (Å²) in [4.78, 5) is 24.5. The van der Waals surface area contributed by atoms with Crippen molar-refractivity contribution in [2.45, 2.75) is 26.1 Å². The zero-order valence-electron chi connectivity index (χ0n) is 14.3. The normalized spacial score (nSPS) is 17.4. The molecule has 1 aromatic heterocycles. The second kappa shape index (κ2) is 6.78. The van der Waals surface area contributed by atoms with Crippen LogP contribution >= 0.6 is 0 Å². The van der Waals surface area contributed by atoms with E-state index in [0.29, 0.717) is 5.76 Å². The van der Waals surface area contributed by atoms with Crippen LogP contribution in [0.2, 0.25) is 0 Å². The van der Waals surface area contributed by atoms with Gasteiger partial charge in [-0.25, -0.2) is 4.79 Å². The second-order valence-corrected chi connectivity index (χ2v) is 5.97. The number of aryl methyl sites for hydroxylation is 1. The van der Waals surface area contributed by atoms with Gasteiger partial charge in [0, 0.05) is 11.8 Å². The summed E-state index contributed by atoms with van der Waals surface area (Å²) in [7, 11) is 0. The fourth-order valence-electron chi connectivity index (χ4n) is 2.75. The predicted octanol–water partition coefficient (Wildman–Crippen LogP) is 3.27. The van der Waals surface area contributed by atoms with Crippen LogP contribution in [0.25, 0.3) is 0 Å². The van der Waals surface area contributed by atoms with Crippen LogP contribution in [0.1, 0.15) is 29.9 Å². The second-order valence-electron chi connectivity index (χ2n) is 5.97. The summed E-state index contributed by atoms with van der Waals surface area (Å²) in [6.07, 6.45) is -4.55. The van der Waals surface area contributed by atoms with E-state index in [1.807, 2.05) is 0 Å². The number of alkyl halides is 3. The van der Waals surface area contributed by atoms with Crippen LogP contribution in [0.4, 0.5) is 23.8 Å². The van der Waals surface area contributed by atoms with Crippen molar-refractivity contribution in [1.29, 1.82) is 0 Å². The number of aromatic nitrogens is 1. The third-order valence-corrected chi connectivity index (χ3v) is 3.93. The van der Waals surface area contributed by atoms with Gasteiger partial charge in [-0.2, -0.15) is 13.2 Å². The largest absolute Gasteiger partial charge is 0.416 e. The molecular weight excluding hydrogens is 365 g/mol. The quantitative estimate of drug-likeness (QED) is 0.762. The highest BCUT2D eigenvalue weighted by molar-refractivity contribution is 6.06. The van der Waals surface area contributed by atoms with Crippen LogP contribution in [0.5, 0.6) is 0 Å². The Bertz CT molecular complexity index is 934. The topological polar surface area (TPSA) is 96.3 Å². The number of benzene rings is 1. The predicted molar refractivity (Wildman–Crippen MR) is 88.4 cm³/mol. The minimum atomic E-state index is -4.55. The number of urea groups is 1. The van der Waals surface area contributed by atoms with Crippen molar-refractivity contribution < 1.29 is 27.3 Å². The maximum atomic E-state index is 13.0. The molecule has 0 spiro atoms. The Kier molecular flexibility index (Phi) is 4.64. The lowest BCUT2D eigenvalue weighted by molar-refractivity contribution is -0.137. The lowest BCUT2D eigenvalue weighted by Gasteiger charge is -2.28. The standard InChI is InChI=1S/C17H15F3N4O3/c1-8-6-12(24-27-8)22-15(25)13-9(2)21-16(26)23-14(13)10-4-3-5-11(7-10)17(18,19)20/h3-7,14H,1-2H3,(H2,21,23,26)(H,22,24,25). The van der Waals surface area contributed by atoms with E-state index in [2.05, 4.69) is 21.1 Å². The van der Waals surface area contributed by atoms with Crippen molar-refractivity contribution in [3.8, 4) is 0 Å². The summed E-state index contributed by atoms with van der Waals surface area (Å²) in [5.74, 6) is -0.00583. The molecule has 7 nitrogen and oxygen atoms in total. The van der Waals surface area contributed by atoms with Gasteiger partial charge in [0.25, 0.3) is 5.91 Å². The lowest BCUT2D eigenvalue weighted by Crippen LogP contribution is -2.46. The SMILES string of the molecule is CC1=C(C(=O)Nc2cc(C)on2)C(c2cccc(C(F)(F)F)c2)NC(=O)N1. The molecule has 27 heavy (non-hydrogen) atoms. The number of carbonyl (C=O) groups is 2. The number of hydrogen-bond acceptors (Lipinski definition) is 4. The number of amides is 3. The maximum absolute atomic E-state index is 13.0. The Balaban J connectivity index is 1.98. The Hall–Kier alpha value is -3.30. The number of nitrogens with one attached hydrogen (secondary N) is 3. The van der Waals surface area contributed by atoms with Crippen LogP contribution < -0.4 is 16.0 Å². The molecule has 1 atom stereocenters. The molecule has 10 heteroatoms. The molecule has 3 rings (SSSR count). The highest BCUT2D eigenvalue weighted by Gasteiger charge is 2.35. The monoisotopic (exact) mass is 380 g/mol. The van der Waals surface area contributed by atoms with Crippen LogP contribution in [0.15, 0.2) is 46.1 Å². The van der Waals surface area contributed by atoms with E-state index in [4.69, 9.17) is 4.52 Å². The number of anilines is 1. The zero-order valence-corrected chi connectivity index (χ0v) is 14.3. The zero-order chi connectivity index (χ0) is 19.8. The van der Waals surface area contributed by atoms with Gasteiger partial charge in [-0.1, -0.05) is 17.3 Å². The van der Waals surface area contributed by atoms with Gasteiger partial charge < -0.3 is 20.5 Å². The number of nitrogens with zero attached hydrogens (tertiary/aromatic N) is 1. The van der Waals surface area contributed by atoms with E-state index < -0.39 is 29.7 Å². The first kappa shape index (κ1) is 18.5. The molecule has 2 aromatic rings. The molecule has 1 aliphatic rings. The minimum absolute atomic E-state index is 0.0644. The molecule has 142 valence electrons. The molecule has 0 aliphatic carbocycles. The van der Waals surface area contributed by atoms with E-state index >= 15 is 0 Å².